The standard InChI is InChI=1S/C13H21N3O2S/c1-11-3-4-12(9-15-11)10-16-19(17,18)8-2-7-14-13-5-6-13/h3-4,9,13-14,16H,2,5-8,10H2,1H3. The van der Waals surface area contributed by atoms with Crippen LogP contribution in [0.1, 0.15) is 30.5 Å². The smallest absolute Gasteiger partial charge is 0.211 e. The fourth-order valence-electron chi connectivity index (χ4n) is 1.72. The van der Waals surface area contributed by atoms with E-state index in [9.17, 15) is 8.42 Å². The van der Waals surface area contributed by atoms with E-state index in [1.54, 1.807) is 6.20 Å². The molecule has 2 N–H and O–H groups in total. The van der Waals surface area contributed by atoms with Crippen LogP contribution in [0.5, 0.6) is 0 Å². The fraction of sp³-hybridized carbons (Fsp3) is 0.615. The molecule has 0 aromatic carbocycles. The summed E-state index contributed by atoms with van der Waals surface area (Å²) in [5.74, 6) is 0.173. The highest BCUT2D eigenvalue weighted by Crippen LogP contribution is 2.18. The molecule has 0 atom stereocenters. The number of rotatable bonds is 8. The molecule has 1 saturated carbocycles. The number of pyridine rings is 1. The molecule has 1 fully saturated rings. The number of nitrogens with one attached hydrogen (secondary N) is 2. The Kier molecular flexibility index (Phi) is 4.90. The molecule has 0 unspecified atom stereocenters. The van der Waals surface area contributed by atoms with E-state index in [4.69, 9.17) is 0 Å². The summed E-state index contributed by atoms with van der Waals surface area (Å²) in [6, 6.07) is 4.40. The summed E-state index contributed by atoms with van der Waals surface area (Å²) in [7, 11) is -3.19. The Labute approximate surface area is 114 Å². The molecule has 0 aliphatic heterocycles. The third kappa shape index (κ3) is 5.67. The minimum absolute atomic E-state index is 0.173. The van der Waals surface area contributed by atoms with Gasteiger partial charge in [0, 0.05) is 24.5 Å². The molecule has 5 nitrogen and oxygen atoms in total. The first kappa shape index (κ1) is 14.4. The topological polar surface area (TPSA) is 71.1 Å². The molecule has 0 bridgehead atoms. The van der Waals surface area contributed by atoms with Crippen molar-refractivity contribution in [3.05, 3.63) is 29.6 Å². The molecule has 19 heavy (non-hydrogen) atoms. The van der Waals surface area contributed by atoms with Crippen molar-refractivity contribution in [1.29, 1.82) is 0 Å². The Morgan fingerprint density at radius 3 is 2.79 bits per heavy atom. The minimum Gasteiger partial charge on any atom is -0.314 e. The van der Waals surface area contributed by atoms with E-state index < -0.39 is 10.0 Å². The van der Waals surface area contributed by atoms with Gasteiger partial charge in [0.15, 0.2) is 0 Å². The van der Waals surface area contributed by atoms with Crippen LogP contribution in [0.15, 0.2) is 18.3 Å². The summed E-state index contributed by atoms with van der Waals surface area (Å²) < 4.78 is 26.1. The molecule has 0 radical (unpaired) electrons. The lowest BCUT2D eigenvalue weighted by atomic mass is 10.2. The lowest BCUT2D eigenvalue weighted by Crippen LogP contribution is -2.28. The van der Waals surface area contributed by atoms with Crippen molar-refractivity contribution in [1.82, 2.24) is 15.0 Å². The van der Waals surface area contributed by atoms with Gasteiger partial charge in [0.1, 0.15) is 0 Å². The Bertz CT molecular complexity index is 495. The van der Waals surface area contributed by atoms with Gasteiger partial charge in [-0.25, -0.2) is 13.1 Å². The normalized spacial score (nSPS) is 15.6. The average molecular weight is 283 g/mol. The first-order valence-electron chi connectivity index (χ1n) is 6.67. The third-order valence-corrected chi connectivity index (χ3v) is 4.48. The molecule has 1 aliphatic rings. The molecular formula is C13H21N3O2S. The Balaban J connectivity index is 1.68. The van der Waals surface area contributed by atoms with Crippen molar-refractivity contribution in [2.24, 2.45) is 0 Å². The Morgan fingerprint density at radius 2 is 2.16 bits per heavy atom. The van der Waals surface area contributed by atoms with Crippen LogP contribution in [0, 0.1) is 6.92 Å². The Hall–Kier alpha value is -0.980. The molecule has 0 amide bonds. The van der Waals surface area contributed by atoms with E-state index in [-0.39, 0.29) is 5.75 Å². The molecule has 1 aliphatic carbocycles. The average Bonchev–Trinajstić information content (AvgIpc) is 3.18. The lowest BCUT2D eigenvalue weighted by Gasteiger charge is -2.07. The predicted octanol–water partition coefficient (Wildman–Crippen LogP) is 0.952. The van der Waals surface area contributed by atoms with Gasteiger partial charge in [-0.2, -0.15) is 0 Å². The second kappa shape index (κ2) is 6.45. The van der Waals surface area contributed by atoms with Crippen LogP contribution in [0.3, 0.4) is 0 Å². The molecule has 2 rings (SSSR count). The van der Waals surface area contributed by atoms with Gasteiger partial charge >= 0.3 is 0 Å². The van der Waals surface area contributed by atoms with Gasteiger partial charge in [0.05, 0.1) is 5.75 Å². The van der Waals surface area contributed by atoms with Gasteiger partial charge in [-0.1, -0.05) is 6.07 Å². The van der Waals surface area contributed by atoms with Gasteiger partial charge in [0.25, 0.3) is 0 Å². The maximum atomic E-state index is 11.8. The van der Waals surface area contributed by atoms with Gasteiger partial charge < -0.3 is 5.32 Å². The number of aryl methyl sites for hydroxylation is 1. The van der Waals surface area contributed by atoms with E-state index in [2.05, 4.69) is 15.0 Å². The van der Waals surface area contributed by atoms with Crippen molar-refractivity contribution in [3.63, 3.8) is 0 Å². The number of hydrogen-bond acceptors (Lipinski definition) is 4. The highest BCUT2D eigenvalue weighted by Gasteiger charge is 2.20. The number of hydrogen-bond donors (Lipinski definition) is 2. The summed E-state index contributed by atoms with van der Waals surface area (Å²) in [5.41, 5.74) is 1.81. The minimum atomic E-state index is -3.19. The molecule has 6 heteroatoms. The lowest BCUT2D eigenvalue weighted by molar-refractivity contribution is 0.574. The highest BCUT2D eigenvalue weighted by atomic mass is 32.2. The molecule has 1 heterocycles. The summed E-state index contributed by atoms with van der Waals surface area (Å²) in [5, 5.41) is 3.31. The number of aromatic nitrogens is 1. The number of sulfonamides is 1. The van der Waals surface area contributed by atoms with Gasteiger partial charge in [-0.3, -0.25) is 4.98 Å². The molecule has 1 aromatic heterocycles. The molecule has 0 spiro atoms. The second-order valence-corrected chi connectivity index (χ2v) is 6.96. The summed E-state index contributed by atoms with van der Waals surface area (Å²) in [6.45, 7) is 2.99. The van der Waals surface area contributed by atoms with E-state index in [1.165, 1.54) is 12.8 Å². The zero-order chi connectivity index (χ0) is 13.7. The zero-order valence-corrected chi connectivity index (χ0v) is 12.0. The van der Waals surface area contributed by atoms with Crippen LogP contribution >= 0.6 is 0 Å². The third-order valence-electron chi connectivity index (χ3n) is 3.07. The SMILES string of the molecule is Cc1ccc(CNS(=O)(=O)CCCNC2CC2)cn1. The largest absolute Gasteiger partial charge is 0.314 e. The van der Waals surface area contributed by atoms with Crippen molar-refractivity contribution in [2.75, 3.05) is 12.3 Å². The predicted molar refractivity (Wildman–Crippen MR) is 75.2 cm³/mol. The summed E-state index contributed by atoms with van der Waals surface area (Å²) in [6.07, 6.45) is 4.81. The van der Waals surface area contributed by atoms with Crippen molar-refractivity contribution in [2.45, 2.75) is 38.8 Å². The van der Waals surface area contributed by atoms with Gasteiger partial charge in [0.2, 0.25) is 10.0 Å². The van der Waals surface area contributed by atoms with Crippen LogP contribution in [-0.2, 0) is 16.6 Å². The van der Waals surface area contributed by atoms with E-state index in [0.717, 1.165) is 17.8 Å². The van der Waals surface area contributed by atoms with Crippen LogP contribution in [0.25, 0.3) is 0 Å². The quantitative estimate of drug-likeness (QED) is 0.697. The molecule has 106 valence electrons. The van der Waals surface area contributed by atoms with Crippen LogP contribution in [0.4, 0.5) is 0 Å². The van der Waals surface area contributed by atoms with Crippen molar-refractivity contribution in [3.8, 4) is 0 Å². The first-order chi connectivity index (χ1) is 9.05. The molecular weight excluding hydrogens is 262 g/mol. The van der Waals surface area contributed by atoms with Crippen LogP contribution in [0.2, 0.25) is 0 Å². The maximum Gasteiger partial charge on any atom is 0.211 e. The van der Waals surface area contributed by atoms with E-state index in [0.29, 0.717) is 19.0 Å². The zero-order valence-electron chi connectivity index (χ0n) is 11.2. The monoisotopic (exact) mass is 283 g/mol. The highest BCUT2D eigenvalue weighted by molar-refractivity contribution is 7.89. The van der Waals surface area contributed by atoms with Gasteiger partial charge in [-0.15, -0.1) is 0 Å². The maximum absolute atomic E-state index is 11.8. The number of nitrogens with zero attached hydrogens (tertiary/aromatic N) is 1. The molecule has 0 saturated heterocycles. The van der Waals surface area contributed by atoms with E-state index in [1.807, 2.05) is 19.1 Å². The second-order valence-electron chi connectivity index (χ2n) is 5.03. The summed E-state index contributed by atoms with van der Waals surface area (Å²) >= 11 is 0. The van der Waals surface area contributed by atoms with Gasteiger partial charge in [-0.05, 0) is 44.4 Å². The van der Waals surface area contributed by atoms with Crippen LogP contribution in [-0.4, -0.2) is 31.7 Å². The first-order valence-corrected chi connectivity index (χ1v) is 8.33. The summed E-state index contributed by atoms with van der Waals surface area (Å²) in [4.78, 5) is 4.14. The van der Waals surface area contributed by atoms with Crippen molar-refractivity contribution >= 4 is 10.0 Å². The fourth-order valence-corrected chi connectivity index (χ4v) is 2.78. The van der Waals surface area contributed by atoms with E-state index >= 15 is 0 Å². The Morgan fingerprint density at radius 1 is 1.37 bits per heavy atom. The van der Waals surface area contributed by atoms with Crippen molar-refractivity contribution < 1.29 is 8.42 Å². The molecule has 1 aromatic rings. The van der Waals surface area contributed by atoms with Crippen LogP contribution < -0.4 is 10.0 Å².